The molecule has 0 saturated carbocycles. The van der Waals surface area contributed by atoms with E-state index in [0.29, 0.717) is 18.7 Å². The molecule has 2 aromatic carbocycles. The predicted molar refractivity (Wildman–Crippen MR) is 106 cm³/mol. The lowest BCUT2D eigenvalue weighted by Crippen LogP contribution is -2.39. The molecule has 1 heterocycles. The van der Waals surface area contributed by atoms with Crippen LogP contribution in [0.2, 0.25) is 0 Å². The standard InChI is InChI=1S/C22H26N2O3/c1-2-3-14-27-22(26)18-8-10-20(11-9-18)23-15-21(25)24-13-12-17-6-4-5-7-19(17)16-24/h4-11,23H,2-3,12-16H2,1H3. The summed E-state index contributed by atoms with van der Waals surface area (Å²) in [6, 6.07) is 15.3. The molecular formula is C22H26N2O3. The number of nitrogens with zero attached hydrogens (tertiary/aromatic N) is 1. The van der Waals surface area contributed by atoms with Gasteiger partial charge in [-0.05, 0) is 48.2 Å². The van der Waals surface area contributed by atoms with Crippen molar-refractivity contribution < 1.29 is 14.3 Å². The topological polar surface area (TPSA) is 58.6 Å². The van der Waals surface area contributed by atoms with Gasteiger partial charge in [0.25, 0.3) is 0 Å². The van der Waals surface area contributed by atoms with Crippen molar-refractivity contribution in [3.63, 3.8) is 0 Å². The van der Waals surface area contributed by atoms with Crippen molar-refractivity contribution in [2.75, 3.05) is 25.0 Å². The molecule has 1 aliphatic rings. The lowest BCUT2D eigenvalue weighted by Gasteiger charge is -2.29. The molecule has 27 heavy (non-hydrogen) atoms. The number of benzene rings is 2. The molecular weight excluding hydrogens is 340 g/mol. The van der Waals surface area contributed by atoms with Crippen LogP contribution in [0.4, 0.5) is 5.69 Å². The van der Waals surface area contributed by atoms with E-state index in [1.54, 1.807) is 24.3 Å². The molecule has 142 valence electrons. The fourth-order valence-corrected chi connectivity index (χ4v) is 3.11. The zero-order valence-corrected chi connectivity index (χ0v) is 15.7. The first kappa shape index (κ1) is 19.0. The normalized spacial score (nSPS) is 13.0. The minimum absolute atomic E-state index is 0.0764. The second kappa shape index (κ2) is 9.21. The van der Waals surface area contributed by atoms with E-state index >= 15 is 0 Å². The Morgan fingerprint density at radius 3 is 2.56 bits per heavy atom. The van der Waals surface area contributed by atoms with Crippen LogP contribution in [-0.4, -0.2) is 36.5 Å². The lowest BCUT2D eigenvalue weighted by atomic mass is 10.00. The first-order valence-electron chi connectivity index (χ1n) is 9.53. The molecule has 1 aliphatic heterocycles. The number of rotatable bonds is 7. The van der Waals surface area contributed by atoms with Crippen LogP contribution >= 0.6 is 0 Å². The maximum atomic E-state index is 12.5. The van der Waals surface area contributed by atoms with Crippen LogP contribution in [-0.2, 0) is 22.5 Å². The first-order valence-corrected chi connectivity index (χ1v) is 9.53. The number of fused-ring (bicyclic) bond motifs is 1. The number of anilines is 1. The first-order chi connectivity index (χ1) is 13.2. The van der Waals surface area contributed by atoms with Crippen molar-refractivity contribution in [1.29, 1.82) is 0 Å². The molecule has 0 unspecified atom stereocenters. The van der Waals surface area contributed by atoms with Gasteiger partial charge in [0.2, 0.25) is 5.91 Å². The number of esters is 1. The van der Waals surface area contributed by atoms with Crippen molar-refractivity contribution in [3.05, 3.63) is 65.2 Å². The summed E-state index contributed by atoms with van der Waals surface area (Å²) in [5.74, 6) is -0.231. The van der Waals surface area contributed by atoms with Gasteiger partial charge in [0.1, 0.15) is 0 Å². The number of hydrogen-bond acceptors (Lipinski definition) is 4. The summed E-state index contributed by atoms with van der Waals surface area (Å²) in [5.41, 5.74) is 3.89. The summed E-state index contributed by atoms with van der Waals surface area (Å²) in [7, 11) is 0. The van der Waals surface area contributed by atoms with Crippen LogP contribution in [0.15, 0.2) is 48.5 Å². The Morgan fingerprint density at radius 1 is 1.07 bits per heavy atom. The molecule has 0 fully saturated rings. The van der Waals surface area contributed by atoms with Gasteiger partial charge in [-0.2, -0.15) is 0 Å². The Kier molecular flexibility index (Phi) is 6.47. The third kappa shape index (κ3) is 5.09. The number of unbranched alkanes of at least 4 members (excludes halogenated alkanes) is 1. The van der Waals surface area contributed by atoms with E-state index in [2.05, 4.69) is 24.4 Å². The van der Waals surface area contributed by atoms with E-state index < -0.39 is 0 Å². The molecule has 0 aromatic heterocycles. The maximum Gasteiger partial charge on any atom is 0.338 e. The number of nitrogens with one attached hydrogen (secondary N) is 1. The van der Waals surface area contributed by atoms with Gasteiger partial charge in [-0.1, -0.05) is 37.6 Å². The monoisotopic (exact) mass is 366 g/mol. The van der Waals surface area contributed by atoms with Crippen molar-refractivity contribution in [3.8, 4) is 0 Å². The Morgan fingerprint density at radius 2 is 1.81 bits per heavy atom. The van der Waals surface area contributed by atoms with Crippen molar-refractivity contribution in [2.24, 2.45) is 0 Å². The van der Waals surface area contributed by atoms with Gasteiger partial charge in [0.05, 0.1) is 18.7 Å². The Balaban J connectivity index is 1.48. The maximum absolute atomic E-state index is 12.5. The van der Waals surface area contributed by atoms with Crippen LogP contribution in [0, 0.1) is 0 Å². The van der Waals surface area contributed by atoms with Gasteiger partial charge < -0.3 is 15.0 Å². The van der Waals surface area contributed by atoms with E-state index in [1.807, 2.05) is 17.0 Å². The van der Waals surface area contributed by atoms with E-state index in [0.717, 1.165) is 31.5 Å². The zero-order chi connectivity index (χ0) is 19.1. The summed E-state index contributed by atoms with van der Waals surface area (Å²) >= 11 is 0. The van der Waals surface area contributed by atoms with Gasteiger partial charge in [0, 0.05) is 18.8 Å². The average molecular weight is 366 g/mol. The minimum atomic E-state index is -0.307. The summed E-state index contributed by atoms with van der Waals surface area (Å²) in [6.45, 7) is 4.16. The molecule has 1 N–H and O–H groups in total. The van der Waals surface area contributed by atoms with Gasteiger partial charge in [0.15, 0.2) is 0 Å². The van der Waals surface area contributed by atoms with Crippen molar-refractivity contribution in [1.82, 2.24) is 4.90 Å². The Labute approximate surface area is 160 Å². The Hall–Kier alpha value is -2.82. The summed E-state index contributed by atoms with van der Waals surface area (Å²) < 4.78 is 5.19. The molecule has 5 heteroatoms. The van der Waals surface area contributed by atoms with Crippen LogP contribution in [0.5, 0.6) is 0 Å². The van der Waals surface area contributed by atoms with E-state index in [9.17, 15) is 9.59 Å². The largest absolute Gasteiger partial charge is 0.462 e. The fraction of sp³-hybridized carbons (Fsp3) is 0.364. The average Bonchev–Trinajstić information content (AvgIpc) is 2.72. The highest BCUT2D eigenvalue weighted by atomic mass is 16.5. The van der Waals surface area contributed by atoms with Gasteiger partial charge >= 0.3 is 5.97 Å². The SMILES string of the molecule is CCCCOC(=O)c1ccc(NCC(=O)N2CCc3ccccc3C2)cc1. The molecule has 1 amide bonds. The van der Waals surface area contributed by atoms with Crippen LogP contribution in [0.1, 0.15) is 41.3 Å². The second-order valence-electron chi connectivity index (χ2n) is 6.75. The fourth-order valence-electron chi connectivity index (χ4n) is 3.11. The molecule has 0 saturated heterocycles. The summed E-state index contributed by atoms with van der Waals surface area (Å²) in [5, 5.41) is 3.14. The highest BCUT2D eigenvalue weighted by molar-refractivity contribution is 5.90. The smallest absolute Gasteiger partial charge is 0.338 e. The van der Waals surface area contributed by atoms with Crippen molar-refractivity contribution >= 4 is 17.6 Å². The highest BCUT2D eigenvalue weighted by Crippen LogP contribution is 2.18. The third-order valence-corrected chi connectivity index (χ3v) is 4.78. The number of carbonyl (C=O) groups excluding carboxylic acids is 2. The predicted octanol–water partition coefficient (Wildman–Crippen LogP) is 3.64. The number of ether oxygens (including phenoxy) is 1. The number of carbonyl (C=O) groups is 2. The quantitative estimate of drug-likeness (QED) is 0.600. The Bertz CT molecular complexity index is 786. The minimum Gasteiger partial charge on any atom is -0.462 e. The number of hydrogen-bond donors (Lipinski definition) is 1. The third-order valence-electron chi connectivity index (χ3n) is 4.78. The molecule has 0 aliphatic carbocycles. The van der Waals surface area contributed by atoms with E-state index in [1.165, 1.54) is 11.1 Å². The van der Waals surface area contributed by atoms with E-state index in [4.69, 9.17) is 4.74 Å². The number of amides is 1. The summed E-state index contributed by atoms with van der Waals surface area (Å²) in [4.78, 5) is 26.3. The van der Waals surface area contributed by atoms with Gasteiger partial charge in [-0.3, -0.25) is 4.79 Å². The van der Waals surface area contributed by atoms with Gasteiger partial charge in [-0.15, -0.1) is 0 Å². The molecule has 0 spiro atoms. The highest BCUT2D eigenvalue weighted by Gasteiger charge is 2.19. The molecule has 2 aromatic rings. The van der Waals surface area contributed by atoms with Crippen LogP contribution < -0.4 is 5.32 Å². The zero-order valence-electron chi connectivity index (χ0n) is 15.7. The van der Waals surface area contributed by atoms with Gasteiger partial charge in [-0.25, -0.2) is 4.79 Å². The molecule has 0 radical (unpaired) electrons. The summed E-state index contributed by atoms with van der Waals surface area (Å²) in [6.07, 6.45) is 2.76. The molecule has 5 nitrogen and oxygen atoms in total. The molecule has 3 rings (SSSR count). The van der Waals surface area contributed by atoms with Crippen LogP contribution in [0.3, 0.4) is 0 Å². The molecule has 0 atom stereocenters. The second-order valence-corrected chi connectivity index (χ2v) is 6.75. The van der Waals surface area contributed by atoms with Crippen molar-refractivity contribution in [2.45, 2.75) is 32.7 Å². The van der Waals surface area contributed by atoms with Crippen LogP contribution in [0.25, 0.3) is 0 Å². The molecule has 0 bridgehead atoms. The lowest BCUT2D eigenvalue weighted by molar-refractivity contribution is -0.130. The van der Waals surface area contributed by atoms with E-state index in [-0.39, 0.29) is 18.4 Å².